The van der Waals surface area contributed by atoms with Crippen molar-refractivity contribution in [2.45, 2.75) is 46.5 Å². The highest BCUT2D eigenvalue weighted by Crippen LogP contribution is 2.38. The van der Waals surface area contributed by atoms with E-state index in [2.05, 4.69) is 58.0 Å². The second-order valence-corrected chi connectivity index (χ2v) is 8.05. The zero-order chi connectivity index (χ0) is 19.1. The Bertz CT molecular complexity index is 735. The van der Waals surface area contributed by atoms with Crippen molar-refractivity contribution in [2.75, 3.05) is 6.61 Å². The highest BCUT2D eigenvalue weighted by Gasteiger charge is 2.14. The summed E-state index contributed by atoms with van der Waals surface area (Å²) in [4.78, 5) is 1.72. The molecule has 0 aliphatic heterocycles. The molecule has 0 fully saturated rings. The van der Waals surface area contributed by atoms with E-state index < -0.39 is 0 Å². The van der Waals surface area contributed by atoms with Gasteiger partial charge in [-0.15, -0.1) is 25.3 Å². The third-order valence-corrected chi connectivity index (χ3v) is 5.79. The molecule has 3 heteroatoms. The molecular formula is C23H30OS2. The second kappa shape index (κ2) is 10.1. The molecule has 0 bridgehead atoms. The summed E-state index contributed by atoms with van der Waals surface area (Å²) < 4.78 is 6.11. The summed E-state index contributed by atoms with van der Waals surface area (Å²) in [6.45, 7) is 9.59. The zero-order valence-electron chi connectivity index (χ0n) is 16.2. The average Bonchev–Trinajstić information content (AvgIpc) is 2.66. The fourth-order valence-corrected chi connectivity index (χ4v) is 3.24. The van der Waals surface area contributed by atoms with Crippen LogP contribution in [0.1, 0.15) is 63.1 Å². The molecule has 140 valence electrons. The zero-order valence-corrected chi connectivity index (χ0v) is 18.0. The Balaban J connectivity index is 2.44. The van der Waals surface area contributed by atoms with Crippen LogP contribution in [-0.2, 0) is 0 Å². The maximum Gasteiger partial charge on any atom is 0.127 e. The first-order valence-corrected chi connectivity index (χ1v) is 10.3. The van der Waals surface area contributed by atoms with Gasteiger partial charge in [-0.2, -0.15) is 0 Å². The van der Waals surface area contributed by atoms with Gasteiger partial charge in [0.25, 0.3) is 0 Å². The van der Waals surface area contributed by atoms with Crippen molar-refractivity contribution < 1.29 is 4.74 Å². The number of rotatable bonds is 8. The fraction of sp³-hybridized carbons (Fsp3) is 0.391. The summed E-state index contributed by atoms with van der Waals surface area (Å²) in [5.41, 5.74) is 3.38. The lowest BCUT2D eigenvalue weighted by atomic mass is 9.96. The third-order valence-electron chi connectivity index (χ3n) is 4.66. The monoisotopic (exact) mass is 386 g/mol. The van der Waals surface area contributed by atoms with Gasteiger partial charge in [-0.1, -0.05) is 64.1 Å². The van der Waals surface area contributed by atoms with Gasteiger partial charge >= 0.3 is 0 Å². The molecule has 2 rings (SSSR count). The second-order valence-electron chi connectivity index (χ2n) is 7.16. The molecule has 2 aromatic rings. The van der Waals surface area contributed by atoms with E-state index in [1.54, 1.807) is 0 Å². The Labute approximate surface area is 169 Å². The summed E-state index contributed by atoms with van der Waals surface area (Å²) >= 11 is 9.58. The Morgan fingerprint density at radius 3 is 2.27 bits per heavy atom. The maximum absolute atomic E-state index is 6.11. The molecule has 26 heavy (non-hydrogen) atoms. The van der Waals surface area contributed by atoms with Crippen LogP contribution in [0.5, 0.6) is 5.75 Å². The minimum absolute atomic E-state index is 0.500. The molecule has 0 saturated heterocycles. The molecular weight excluding hydrogens is 356 g/mol. The van der Waals surface area contributed by atoms with E-state index in [-0.39, 0.29) is 0 Å². The van der Waals surface area contributed by atoms with E-state index >= 15 is 0 Å². The van der Waals surface area contributed by atoms with Gasteiger partial charge in [-0.3, -0.25) is 0 Å². The predicted octanol–water partition coefficient (Wildman–Crippen LogP) is 7.31. The molecule has 0 aliphatic carbocycles. The predicted molar refractivity (Wildman–Crippen MR) is 121 cm³/mol. The Morgan fingerprint density at radius 1 is 0.962 bits per heavy atom. The van der Waals surface area contributed by atoms with E-state index in [1.165, 1.54) is 5.56 Å². The SMILES string of the molecule is CCC(C)c1ccc(OCCC(C)C)c(/C(S)=C(/S)c2ccccc2)c1. The first-order chi connectivity index (χ1) is 12.4. The first-order valence-electron chi connectivity index (χ1n) is 9.38. The van der Waals surface area contributed by atoms with Gasteiger partial charge in [-0.25, -0.2) is 0 Å². The molecule has 0 N–H and O–H groups in total. The van der Waals surface area contributed by atoms with E-state index in [4.69, 9.17) is 30.0 Å². The summed E-state index contributed by atoms with van der Waals surface area (Å²) in [7, 11) is 0. The standard InChI is InChI=1S/C23H30OS2/c1-5-17(4)19-11-12-21(24-14-13-16(2)3)20(15-19)23(26)22(25)18-9-7-6-8-10-18/h6-12,15-17,25-26H,5,13-14H2,1-4H3/b23-22-. The lowest BCUT2D eigenvalue weighted by Gasteiger charge is -2.17. The highest BCUT2D eigenvalue weighted by atomic mass is 32.1. The number of thiol groups is 2. The lowest BCUT2D eigenvalue weighted by molar-refractivity contribution is 0.289. The highest BCUT2D eigenvalue weighted by molar-refractivity contribution is 7.96. The molecule has 0 saturated carbocycles. The van der Waals surface area contributed by atoms with Gasteiger partial charge in [0.1, 0.15) is 5.75 Å². The third kappa shape index (κ3) is 5.59. The van der Waals surface area contributed by atoms with Crippen molar-refractivity contribution in [1.82, 2.24) is 0 Å². The van der Waals surface area contributed by atoms with Crippen LogP contribution in [-0.4, -0.2) is 6.61 Å². The fourth-order valence-electron chi connectivity index (χ4n) is 2.67. The summed E-state index contributed by atoms with van der Waals surface area (Å²) in [5, 5.41) is 0. The van der Waals surface area contributed by atoms with Gasteiger partial charge in [-0.05, 0) is 47.9 Å². The molecule has 0 aromatic heterocycles. The summed E-state index contributed by atoms with van der Waals surface area (Å²) in [6.07, 6.45) is 2.13. The van der Waals surface area contributed by atoms with E-state index in [0.717, 1.165) is 39.5 Å². The number of hydrogen-bond acceptors (Lipinski definition) is 3. The topological polar surface area (TPSA) is 9.23 Å². The molecule has 2 aromatic carbocycles. The first kappa shape index (κ1) is 21.0. The van der Waals surface area contributed by atoms with Crippen molar-refractivity contribution in [3.8, 4) is 5.75 Å². The van der Waals surface area contributed by atoms with Crippen LogP contribution >= 0.6 is 25.3 Å². The van der Waals surface area contributed by atoms with Crippen molar-refractivity contribution >= 4 is 35.1 Å². The number of hydrogen-bond donors (Lipinski definition) is 2. The van der Waals surface area contributed by atoms with Crippen molar-refractivity contribution in [1.29, 1.82) is 0 Å². The summed E-state index contributed by atoms with van der Waals surface area (Å²) in [5.74, 6) is 2.00. The van der Waals surface area contributed by atoms with Gasteiger partial charge in [0.15, 0.2) is 0 Å². The van der Waals surface area contributed by atoms with Gasteiger partial charge in [0.05, 0.1) is 6.61 Å². The normalized spacial score (nSPS) is 13.5. The van der Waals surface area contributed by atoms with Gasteiger partial charge in [0, 0.05) is 15.4 Å². The molecule has 1 atom stereocenters. The average molecular weight is 387 g/mol. The van der Waals surface area contributed by atoms with E-state index in [1.807, 2.05) is 18.2 Å². The Kier molecular flexibility index (Phi) is 8.17. The van der Waals surface area contributed by atoms with Crippen LogP contribution in [0.15, 0.2) is 48.5 Å². The molecule has 0 heterocycles. The van der Waals surface area contributed by atoms with Crippen LogP contribution in [0.4, 0.5) is 0 Å². The number of ether oxygens (including phenoxy) is 1. The van der Waals surface area contributed by atoms with Gasteiger partial charge in [0.2, 0.25) is 0 Å². The maximum atomic E-state index is 6.11. The largest absolute Gasteiger partial charge is 0.493 e. The van der Waals surface area contributed by atoms with Crippen LogP contribution < -0.4 is 4.74 Å². The number of benzene rings is 2. The molecule has 1 unspecified atom stereocenters. The van der Waals surface area contributed by atoms with Crippen LogP contribution in [0.3, 0.4) is 0 Å². The van der Waals surface area contributed by atoms with E-state index in [9.17, 15) is 0 Å². The van der Waals surface area contributed by atoms with Crippen LogP contribution in [0.2, 0.25) is 0 Å². The molecule has 1 nitrogen and oxygen atoms in total. The minimum Gasteiger partial charge on any atom is -0.493 e. The molecule has 0 spiro atoms. The lowest BCUT2D eigenvalue weighted by Crippen LogP contribution is -2.04. The van der Waals surface area contributed by atoms with Crippen molar-refractivity contribution in [3.05, 3.63) is 65.2 Å². The summed E-state index contributed by atoms with van der Waals surface area (Å²) in [6, 6.07) is 16.6. The Hall–Kier alpha value is -1.32. The molecule has 0 amide bonds. The molecule has 0 radical (unpaired) electrons. The minimum atomic E-state index is 0.500. The van der Waals surface area contributed by atoms with Crippen LogP contribution in [0.25, 0.3) is 9.81 Å². The quantitative estimate of drug-likeness (QED) is 0.357. The van der Waals surface area contributed by atoms with E-state index in [0.29, 0.717) is 18.4 Å². The Morgan fingerprint density at radius 2 is 1.65 bits per heavy atom. The van der Waals surface area contributed by atoms with Crippen molar-refractivity contribution in [2.24, 2.45) is 5.92 Å². The smallest absolute Gasteiger partial charge is 0.127 e. The van der Waals surface area contributed by atoms with Crippen LogP contribution in [0, 0.1) is 5.92 Å². The van der Waals surface area contributed by atoms with Crippen molar-refractivity contribution in [3.63, 3.8) is 0 Å². The van der Waals surface area contributed by atoms with Gasteiger partial charge < -0.3 is 4.74 Å². The molecule has 0 aliphatic rings.